The van der Waals surface area contributed by atoms with Gasteiger partial charge in [-0.05, 0) is 73.9 Å². The topological polar surface area (TPSA) is 26.0 Å². The van der Waals surface area contributed by atoms with Crippen molar-refractivity contribution in [3.05, 3.63) is 76.4 Å². The largest absolute Gasteiger partial charge is 0.330 e. The summed E-state index contributed by atoms with van der Waals surface area (Å²) in [6.07, 6.45) is 8.62. The normalized spacial score (nSPS) is 11.2. The van der Waals surface area contributed by atoms with Crippen LogP contribution in [0.2, 0.25) is 0 Å². The summed E-state index contributed by atoms with van der Waals surface area (Å²) >= 11 is 0. The van der Waals surface area contributed by atoms with E-state index in [0.717, 1.165) is 32.2 Å². The highest BCUT2D eigenvalue weighted by molar-refractivity contribution is 5.54. The van der Waals surface area contributed by atoms with Crippen LogP contribution in [0.5, 0.6) is 0 Å². The Kier molecular flexibility index (Phi) is 6.42. The molecule has 0 atom stereocenters. The monoisotopic (exact) mass is 293 g/mol. The van der Waals surface area contributed by atoms with E-state index in [1.54, 1.807) is 0 Å². The molecule has 0 saturated carbocycles. The predicted octanol–water partition coefficient (Wildman–Crippen LogP) is 4.70. The maximum absolute atomic E-state index is 5.56. The first-order valence-corrected chi connectivity index (χ1v) is 8.23. The molecule has 0 aromatic heterocycles. The van der Waals surface area contributed by atoms with Crippen LogP contribution in [0.3, 0.4) is 0 Å². The van der Waals surface area contributed by atoms with Gasteiger partial charge >= 0.3 is 0 Å². The van der Waals surface area contributed by atoms with Crippen molar-refractivity contribution >= 4 is 6.08 Å². The number of hydrogen-bond acceptors (Lipinski definition) is 1. The molecule has 1 heteroatoms. The third-order valence-corrected chi connectivity index (χ3v) is 4.08. The number of benzene rings is 2. The van der Waals surface area contributed by atoms with E-state index in [1.807, 2.05) is 0 Å². The van der Waals surface area contributed by atoms with Crippen molar-refractivity contribution in [2.75, 3.05) is 6.54 Å². The summed E-state index contributed by atoms with van der Waals surface area (Å²) < 4.78 is 0. The van der Waals surface area contributed by atoms with E-state index >= 15 is 0 Å². The van der Waals surface area contributed by atoms with Gasteiger partial charge in [0.05, 0.1) is 0 Å². The summed E-state index contributed by atoms with van der Waals surface area (Å²) in [6, 6.07) is 15.8. The van der Waals surface area contributed by atoms with E-state index in [-0.39, 0.29) is 0 Å². The molecule has 0 aliphatic heterocycles. The molecule has 2 aromatic rings. The van der Waals surface area contributed by atoms with Gasteiger partial charge in [-0.2, -0.15) is 0 Å². The molecule has 0 fully saturated rings. The molecule has 2 rings (SSSR count). The highest BCUT2D eigenvalue weighted by Crippen LogP contribution is 2.15. The third kappa shape index (κ3) is 4.85. The van der Waals surface area contributed by atoms with Gasteiger partial charge in [-0.25, -0.2) is 0 Å². The molecule has 0 aliphatic carbocycles. The second kappa shape index (κ2) is 8.55. The Balaban J connectivity index is 1.96. The van der Waals surface area contributed by atoms with Crippen molar-refractivity contribution in [2.45, 2.75) is 39.5 Å². The molecule has 22 heavy (non-hydrogen) atoms. The van der Waals surface area contributed by atoms with Gasteiger partial charge in [0.15, 0.2) is 0 Å². The van der Waals surface area contributed by atoms with E-state index < -0.39 is 0 Å². The average molecular weight is 293 g/mol. The first-order chi connectivity index (χ1) is 10.7. The third-order valence-electron chi connectivity index (χ3n) is 4.08. The van der Waals surface area contributed by atoms with E-state index in [1.165, 1.54) is 27.8 Å². The van der Waals surface area contributed by atoms with Crippen molar-refractivity contribution in [3.8, 4) is 0 Å². The standard InChI is InChI=1S/C21H27N/c1-3-5-21-16-20(8-7-17(21)2)14-13-19-11-9-18(10-12-19)6-4-15-22/h3,5,7-12,16H,4,6,13-15,22H2,1-2H3/b5-3-. The van der Waals surface area contributed by atoms with Gasteiger partial charge in [-0.15, -0.1) is 0 Å². The summed E-state index contributed by atoms with van der Waals surface area (Å²) in [4.78, 5) is 0. The predicted molar refractivity (Wildman–Crippen MR) is 97.1 cm³/mol. The number of rotatable bonds is 7. The average Bonchev–Trinajstić information content (AvgIpc) is 2.55. The first-order valence-electron chi connectivity index (χ1n) is 8.23. The summed E-state index contributed by atoms with van der Waals surface area (Å²) in [5.74, 6) is 0. The van der Waals surface area contributed by atoms with Crippen molar-refractivity contribution in [3.63, 3.8) is 0 Å². The van der Waals surface area contributed by atoms with Crippen molar-refractivity contribution in [1.82, 2.24) is 0 Å². The van der Waals surface area contributed by atoms with Crippen molar-refractivity contribution in [2.24, 2.45) is 5.73 Å². The number of nitrogens with two attached hydrogens (primary N) is 1. The lowest BCUT2D eigenvalue weighted by Crippen LogP contribution is -2.00. The van der Waals surface area contributed by atoms with Gasteiger partial charge in [0.2, 0.25) is 0 Å². The van der Waals surface area contributed by atoms with Crippen LogP contribution in [0.25, 0.3) is 6.08 Å². The lowest BCUT2D eigenvalue weighted by molar-refractivity contribution is 0.831. The van der Waals surface area contributed by atoms with Crippen molar-refractivity contribution < 1.29 is 0 Å². The summed E-state index contributed by atoms with van der Waals surface area (Å²) in [6.45, 7) is 5.00. The highest BCUT2D eigenvalue weighted by atomic mass is 14.5. The van der Waals surface area contributed by atoms with Crippen LogP contribution in [0.1, 0.15) is 41.2 Å². The fourth-order valence-corrected chi connectivity index (χ4v) is 2.67. The molecule has 0 amide bonds. The minimum absolute atomic E-state index is 0.768. The van der Waals surface area contributed by atoms with Gasteiger partial charge < -0.3 is 5.73 Å². The molecule has 1 nitrogen and oxygen atoms in total. The summed E-state index contributed by atoms with van der Waals surface area (Å²) in [5.41, 5.74) is 12.4. The minimum atomic E-state index is 0.768. The maximum atomic E-state index is 5.56. The fourth-order valence-electron chi connectivity index (χ4n) is 2.67. The van der Waals surface area contributed by atoms with Gasteiger partial charge in [0.1, 0.15) is 0 Å². The maximum Gasteiger partial charge on any atom is -0.00741 e. The van der Waals surface area contributed by atoms with Crippen LogP contribution in [0.4, 0.5) is 0 Å². The Morgan fingerprint density at radius 2 is 1.45 bits per heavy atom. The van der Waals surface area contributed by atoms with Gasteiger partial charge in [-0.3, -0.25) is 0 Å². The van der Waals surface area contributed by atoms with Gasteiger partial charge in [0.25, 0.3) is 0 Å². The van der Waals surface area contributed by atoms with Gasteiger partial charge in [-0.1, -0.05) is 54.6 Å². The Morgan fingerprint density at radius 1 is 0.864 bits per heavy atom. The van der Waals surface area contributed by atoms with Crippen LogP contribution in [-0.4, -0.2) is 6.54 Å². The van der Waals surface area contributed by atoms with E-state index in [9.17, 15) is 0 Å². The van der Waals surface area contributed by atoms with Crippen LogP contribution in [-0.2, 0) is 19.3 Å². The molecule has 0 aliphatic rings. The molecular weight excluding hydrogens is 266 g/mol. The SMILES string of the molecule is C/C=C\c1cc(CCc2ccc(CCCN)cc2)ccc1C. The first kappa shape index (κ1) is 16.5. The Labute approximate surface area is 134 Å². The molecule has 116 valence electrons. The molecule has 0 saturated heterocycles. The van der Waals surface area contributed by atoms with Crippen molar-refractivity contribution in [1.29, 1.82) is 0 Å². The zero-order chi connectivity index (χ0) is 15.8. The van der Waals surface area contributed by atoms with E-state index in [2.05, 4.69) is 68.5 Å². The van der Waals surface area contributed by atoms with Gasteiger partial charge in [0, 0.05) is 0 Å². The molecule has 0 radical (unpaired) electrons. The van der Waals surface area contributed by atoms with Crippen LogP contribution in [0, 0.1) is 6.92 Å². The van der Waals surface area contributed by atoms with E-state index in [4.69, 9.17) is 5.73 Å². The van der Waals surface area contributed by atoms with Crippen LogP contribution >= 0.6 is 0 Å². The number of aryl methyl sites for hydroxylation is 4. The molecule has 2 aromatic carbocycles. The fraction of sp³-hybridized carbons (Fsp3) is 0.333. The zero-order valence-electron chi connectivity index (χ0n) is 13.8. The molecule has 0 heterocycles. The molecule has 0 spiro atoms. The second-order valence-electron chi connectivity index (χ2n) is 5.90. The minimum Gasteiger partial charge on any atom is -0.330 e. The molecule has 2 N–H and O–H groups in total. The molecular formula is C21H27N. The lowest BCUT2D eigenvalue weighted by Gasteiger charge is -2.07. The van der Waals surface area contributed by atoms with Crippen LogP contribution in [0.15, 0.2) is 48.5 Å². The summed E-state index contributed by atoms with van der Waals surface area (Å²) in [5, 5.41) is 0. The molecule has 0 unspecified atom stereocenters. The lowest BCUT2D eigenvalue weighted by atomic mass is 9.98. The number of hydrogen-bond donors (Lipinski definition) is 1. The smallest absolute Gasteiger partial charge is 0.00741 e. The van der Waals surface area contributed by atoms with Crippen LogP contribution < -0.4 is 5.73 Å². The Morgan fingerprint density at radius 3 is 2.09 bits per heavy atom. The summed E-state index contributed by atoms with van der Waals surface area (Å²) in [7, 11) is 0. The highest BCUT2D eigenvalue weighted by Gasteiger charge is 2.00. The molecule has 0 bridgehead atoms. The second-order valence-corrected chi connectivity index (χ2v) is 5.90. The quantitative estimate of drug-likeness (QED) is 0.786. The van der Waals surface area contributed by atoms with E-state index in [0.29, 0.717) is 0 Å². The number of allylic oxidation sites excluding steroid dienone is 1. The zero-order valence-corrected chi connectivity index (χ0v) is 13.8. The Hall–Kier alpha value is -1.86. The Bertz CT molecular complexity index is 608.